The normalized spacial score (nSPS) is 11.8. The van der Waals surface area contributed by atoms with E-state index in [0.29, 0.717) is 4.88 Å². The highest BCUT2D eigenvalue weighted by Gasteiger charge is 2.27. The zero-order valence-electron chi connectivity index (χ0n) is 10.5. The number of nitrogens with zero attached hydrogens (tertiary/aromatic N) is 3. The van der Waals surface area contributed by atoms with Crippen LogP contribution in [-0.4, -0.2) is 45.5 Å². The number of carbonyl (C=O) groups is 1. The van der Waals surface area contributed by atoms with Crippen molar-refractivity contribution in [2.75, 3.05) is 13.2 Å². The van der Waals surface area contributed by atoms with Crippen LogP contribution in [0.25, 0.3) is 10.6 Å². The third-order valence-corrected chi connectivity index (χ3v) is 3.28. The molecule has 0 aliphatic carbocycles. The van der Waals surface area contributed by atoms with Crippen LogP contribution in [0.1, 0.15) is 10.5 Å². The third kappa shape index (κ3) is 4.02. The molecule has 0 fully saturated rings. The van der Waals surface area contributed by atoms with Gasteiger partial charge in [-0.3, -0.25) is 0 Å². The Kier molecular flexibility index (Phi) is 4.58. The van der Waals surface area contributed by atoms with E-state index in [1.54, 1.807) is 17.5 Å². The Morgan fingerprint density at radius 1 is 1.48 bits per heavy atom. The van der Waals surface area contributed by atoms with E-state index in [-0.39, 0.29) is 24.5 Å². The van der Waals surface area contributed by atoms with Gasteiger partial charge in [-0.25, -0.2) is 9.48 Å². The molecule has 2 aromatic rings. The van der Waals surface area contributed by atoms with E-state index in [1.165, 1.54) is 16.0 Å². The maximum absolute atomic E-state index is 12.0. The number of aromatic carboxylic acids is 1. The highest BCUT2D eigenvalue weighted by atomic mass is 32.1. The molecule has 0 spiro atoms. The van der Waals surface area contributed by atoms with Gasteiger partial charge >= 0.3 is 12.1 Å². The Morgan fingerprint density at radius 3 is 2.81 bits per heavy atom. The molecule has 0 aliphatic heterocycles. The van der Waals surface area contributed by atoms with E-state index in [2.05, 4.69) is 15.0 Å². The first-order valence-electron chi connectivity index (χ1n) is 5.73. The molecule has 2 aromatic heterocycles. The van der Waals surface area contributed by atoms with E-state index in [4.69, 9.17) is 5.11 Å². The summed E-state index contributed by atoms with van der Waals surface area (Å²) in [7, 11) is 0. The molecule has 2 rings (SSSR count). The quantitative estimate of drug-likeness (QED) is 0.826. The highest BCUT2D eigenvalue weighted by Crippen LogP contribution is 2.27. The molecular formula is C11H10F3N3O3S. The molecule has 1 N–H and O–H groups in total. The van der Waals surface area contributed by atoms with Gasteiger partial charge < -0.3 is 9.84 Å². The minimum absolute atomic E-state index is 0.0242. The largest absolute Gasteiger partial charge is 0.476 e. The molecule has 114 valence electrons. The summed E-state index contributed by atoms with van der Waals surface area (Å²) in [5.74, 6) is -1.25. The second-order valence-electron chi connectivity index (χ2n) is 3.96. The van der Waals surface area contributed by atoms with Crippen molar-refractivity contribution in [3.05, 3.63) is 23.2 Å². The molecule has 10 heteroatoms. The predicted molar refractivity (Wildman–Crippen MR) is 67.2 cm³/mol. The van der Waals surface area contributed by atoms with Crippen molar-refractivity contribution in [1.29, 1.82) is 0 Å². The predicted octanol–water partition coefficient (Wildman–Crippen LogP) is 2.28. The van der Waals surface area contributed by atoms with Crippen LogP contribution < -0.4 is 0 Å². The number of aromatic nitrogens is 3. The molecule has 2 heterocycles. The highest BCUT2D eigenvalue weighted by molar-refractivity contribution is 7.13. The standard InChI is InChI=1S/C11H10F3N3O3S/c12-11(13,14)6-20-4-3-17-9(7-2-1-5-21-7)8(10(18)19)15-16-17/h1-2,5H,3-4,6H2,(H,18,19). The van der Waals surface area contributed by atoms with Crippen molar-refractivity contribution < 1.29 is 27.8 Å². The van der Waals surface area contributed by atoms with Crippen LogP contribution in [0.3, 0.4) is 0 Å². The first-order chi connectivity index (χ1) is 9.88. The number of carboxylic acids is 1. The number of hydrogen-bond acceptors (Lipinski definition) is 5. The zero-order chi connectivity index (χ0) is 15.5. The fourth-order valence-corrected chi connectivity index (χ4v) is 2.38. The molecule has 0 aliphatic rings. The van der Waals surface area contributed by atoms with Gasteiger partial charge in [-0.15, -0.1) is 16.4 Å². The Bertz CT molecular complexity index is 610. The van der Waals surface area contributed by atoms with Crippen molar-refractivity contribution in [1.82, 2.24) is 15.0 Å². The summed E-state index contributed by atoms with van der Waals surface area (Å²) in [6, 6.07) is 3.41. The van der Waals surface area contributed by atoms with Gasteiger partial charge in [-0.2, -0.15) is 13.2 Å². The summed E-state index contributed by atoms with van der Waals surface area (Å²) < 4.78 is 41.6. The number of alkyl halides is 3. The average molecular weight is 321 g/mol. The second kappa shape index (κ2) is 6.22. The lowest BCUT2D eigenvalue weighted by Crippen LogP contribution is -2.19. The van der Waals surface area contributed by atoms with E-state index < -0.39 is 18.8 Å². The number of halogens is 3. The molecule has 0 radical (unpaired) electrons. The molecule has 0 amide bonds. The van der Waals surface area contributed by atoms with Crippen LogP contribution in [0, 0.1) is 0 Å². The van der Waals surface area contributed by atoms with Gasteiger partial charge in [0.1, 0.15) is 12.3 Å². The molecular weight excluding hydrogens is 311 g/mol. The molecule has 0 saturated heterocycles. The van der Waals surface area contributed by atoms with Crippen LogP contribution in [0.2, 0.25) is 0 Å². The third-order valence-electron chi connectivity index (χ3n) is 2.41. The van der Waals surface area contributed by atoms with Crippen molar-refractivity contribution >= 4 is 17.3 Å². The van der Waals surface area contributed by atoms with E-state index >= 15 is 0 Å². The Morgan fingerprint density at radius 2 is 2.24 bits per heavy atom. The van der Waals surface area contributed by atoms with E-state index in [9.17, 15) is 18.0 Å². The minimum atomic E-state index is -4.40. The molecule has 0 aromatic carbocycles. The molecule has 0 bridgehead atoms. The van der Waals surface area contributed by atoms with Crippen molar-refractivity contribution in [2.45, 2.75) is 12.7 Å². The van der Waals surface area contributed by atoms with Gasteiger partial charge in [0.15, 0.2) is 5.69 Å². The maximum atomic E-state index is 12.0. The van der Waals surface area contributed by atoms with Crippen LogP contribution in [0.15, 0.2) is 17.5 Å². The lowest BCUT2D eigenvalue weighted by Gasteiger charge is -2.08. The van der Waals surface area contributed by atoms with Crippen molar-refractivity contribution in [3.8, 4) is 10.6 Å². The summed E-state index contributed by atoms with van der Waals surface area (Å²) in [4.78, 5) is 11.7. The fourth-order valence-electron chi connectivity index (χ4n) is 1.61. The number of hydrogen-bond donors (Lipinski definition) is 1. The fraction of sp³-hybridized carbons (Fsp3) is 0.364. The van der Waals surface area contributed by atoms with E-state index in [0.717, 1.165) is 0 Å². The molecule has 21 heavy (non-hydrogen) atoms. The molecule has 6 nitrogen and oxygen atoms in total. The Balaban J connectivity index is 2.11. The van der Waals surface area contributed by atoms with Gasteiger partial charge in [0.05, 0.1) is 18.0 Å². The van der Waals surface area contributed by atoms with Crippen LogP contribution in [0.5, 0.6) is 0 Å². The van der Waals surface area contributed by atoms with Gasteiger partial charge in [0, 0.05) is 0 Å². The molecule has 0 saturated carbocycles. The topological polar surface area (TPSA) is 77.2 Å². The zero-order valence-corrected chi connectivity index (χ0v) is 11.3. The van der Waals surface area contributed by atoms with Crippen LogP contribution in [0.4, 0.5) is 13.2 Å². The summed E-state index contributed by atoms with van der Waals surface area (Å²) in [5.41, 5.74) is 0.0152. The van der Waals surface area contributed by atoms with Crippen LogP contribution >= 0.6 is 11.3 Å². The lowest BCUT2D eigenvalue weighted by atomic mass is 10.2. The monoisotopic (exact) mass is 321 g/mol. The Labute approximate surface area is 120 Å². The average Bonchev–Trinajstić information content (AvgIpc) is 3.01. The number of ether oxygens (including phenoxy) is 1. The Hall–Kier alpha value is -1.94. The van der Waals surface area contributed by atoms with Crippen LogP contribution in [-0.2, 0) is 11.3 Å². The van der Waals surface area contributed by atoms with Gasteiger partial charge in [0.2, 0.25) is 0 Å². The maximum Gasteiger partial charge on any atom is 0.411 e. The number of rotatable bonds is 6. The molecule has 0 atom stereocenters. The minimum Gasteiger partial charge on any atom is -0.476 e. The van der Waals surface area contributed by atoms with E-state index in [1.807, 2.05) is 0 Å². The smallest absolute Gasteiger partial charge is 0.411 e. The lowest BCUT2D eigenvalue weighted by molar-refractivity contribution is -0.174. The van der Waals surface area contributed by atoms with Gasteiger partial charge in [-0.1, -0.05) is 11.3 Å². The first kappa shape index (κ1) is 15.4. The summed E-state index contributed by atoms with van der Waals surface area (Å²) in [5, 5.41) is 18.0. The van der Waals surface area contributed by atoms with Crippen molar-refractivity contribution in [3.63, 3.8) is 0 Å². The SMILES string of the molecule is O=C(O)c1nnn(CCOCC(F)(F)F)c1-c1cccs1. The van der Waals surface area contributed by atoms with Gasteiger partial charge in [0.25, 0.3) is 0 Å². The van der Waals surface area contributed by atoms with Gasteiger partial charge in [-0.05, 0) is 11.4 Å². The molecule has 0 unspecified atom stereocenters. The summed E-state index contributed by atoms with van der Waals surface area (Å²) in [6.45, 7) is -1.63. The summed E-state index contributed by atoms with van der Waals surface area (Å²) in [6.07, 6.45) is -4.40. The van der Waals surface area contributed by atoms with Crippen molar-refractivity contribution in [2.24, 2.45) is 0 Å². The number of thiophene rings is 1. The summed E-state index contributed by atoms with van der Waals surface area (Å²) >= 11 is 1.28. The number of carboxylic acid groups (broad SMARTS) is 1. The first-order valence-corrected chi connectivity index (χ1v) is 6.61. The second-order valence-corrected chi connectivity index (χ2v) is 4.91.